The summed E-state index contributed by atoms with van der Waals surface area (Å²) < 4.78 is 9.36. The van der Waals surface area contributed by atoms with Gasteiger partial charge in [0.15, 0.2) is 0 Å². The molecule has 0 fully saturated rings. The Morgan fingerprint density at radius 2 is 0.889 bits per heavy atom. The average Bonchev–Trinajstić information content (AvgIpc) is 2.87. The second-order valence-electron chi connectivity index (χ2n) is 10.6. The Morgan fingerprint density at radius 3 is 1.25 bits per heavy atom. The molecular formula is C31H59NO4. The van der Waals surface area contributed by atoms with Gasteiger partial charge in [0.1, 0.15) is 0 Å². The normalized spacial score (nSPS) is 12.4. The topological polar surface area (TPSA) is 55.8 Å². The summed E-state index contributed by atoms with van der Waals surface area (Å²) in [6.45, 7) is 0. The maximum absolute atomic E-state index is 11.1. The summed E-state index contributed by atoms with van der Waals surface area (Å²) in [6, 6.07) is 0.713. The highest BCUT2D eigenvalue weighted by Gasteiger charge is 2.10. The molecule has 0 spiro atoms. The predicted molar refractivity (Wildman–Crippen MR) is 152 cm³/mol. The number of nitrogens with zero attached hydrogens (tertiary/aromatic N) is 1. The van der Waals surface area contributed by atoms with Gasteiger partial charge >= 0.3 is 11.9 Å². The van der Waals surface area contributed by atoms with Gasteiger partial charge in [0.2, 0.25) is 0 Å². The highest BCUT2D eigenvalue weighted by Crippen LogP contribution is 2.17. The van der Waals surface area contributed by atoms with Crippen LogP contribution in [0, 0.1) is 0 Å². The van der Waals surface area contributed by atoms with Crippen LogP contribution >= 0.6 is 0 Å². The highest BCUT2D eigenvalue weighted by molar-refractivity contribution is 5.69. The fourth-order valence-electron chi connectivity index (χ4n) is 4.69. The van der Waals surface area contributed by atoms with E-state index in [1.807, 2.05) is 0 Å². The first-order valence-electron chi connectivity index (χ1n) is 15.0. The van der Waals surface area contributed by atoms with Crippen molar-refractivity contribution >= 4 is 11.9 Å². The van der Waals surface area contributed by atoms with Crippen LogP contribution in [0.1, 0.15) is 141 Å². The molecule has 0 aromatic heterocycles. The molecule has 0 aliphatic carbocycles. The molecule has 0 aromatic carbocycles. The number of esters is 2. The first kappa shape index (κ1) is 34.6. The average molecular weight is 510 g/mol. The second-order valence-corrected chi connectivity index (χ2v) is 10.6. The maximum Gasteiger partial charge on any atom is 0.305 e. The minimum absolute atomic E-state index is 0.0801. The van der Waals surface area contributed by atoms with Crippen LogP contribution < -0.4 is 0 Å². The molecule has 212 valence electrons. The van der Waals surface area contributed by atoms with Crippen LogP contribution in [0.4, 0.5) is 0 Å². The van der Waals surface area contributed by atoms with E-state index in [2.05, 4.69) is 35.9 Å². The minimum Gasteiger partial charge on any atom is -0.469 e. The number of carbonyl (C=O) groups excluding carboxylic acids is 2. The molecule has 0 bridgehead atoms. The largest absolute Gasteiger partial charge is 0.469 e. The van der Waals surface area contributed by atoms with Crippen molar-refractivity contribution < 1.29 is 19.1 Å². The smallest absolute Gasteiger partial charge is 0.305 e. The van der Waals surface area contributed by atoms with E-state index in [9.17, 15) is 9.59 Å². The van der Waals surface area contributed by atoms with Crippen molar-refractivity contribution in [3.8, 4) is 0 Å². The number of rotatable bonds is 26. The maximum atomic E-state index is 11.1. The molecule has 0 heterocycles. The molecule has 1 atom stereocenters. The van der Waals surface area contributed by atoms with Crippen LogP contribution in [0.5, 0.6) is 0 Å². The van der Waals surface area contributed by atoms with Crippen molar-refractivity contribution in [3.05, 3.63) is 12.2 Å². The Bertz CT molecular complexity index is 533. The van der Waals surface area contributed by atoms with Crippen LogP contribution in [-0.4, -0.2) is 51.2 Å². The Kier molecular flexibility index (Phi) is 25.7. The fraction of sp³-hybridized carbons (Fsp3) is 0.871. The number of hydrogen-bond acceptors (Lipinski definition) is 5. The molecule has 0 amide bonds. The summed E-state index contributed by atoms with van der Waals surface area (Å²) in [7, 11) is 7.37. The lowest BCUT2D eigenvalue weighted by Gasteiger charge is -2.24. The summed E-state index contributed by atoms with van der Waals surface area (Å²) in [4.78, 5) is 24.6. The van der Waals surface area contributed by atoms with Crippen molar-refractivity contribution in [2.45, 2.75) is 147 Å². The Labute approximate surface area is 223 Å². The van der Waals surface area contributed by atoms with E-state index in [1.165, 1.54) is 117 Å². The third-order valence-corrected chi connectivity index (χ3v) is 7.18. The molecule has 0 aliphatic rings. The van der Waals surface area contributed by atoms with Gasteiger partial charge in [-0.2, -0.15) is 0 Å². The van der Waals surface area contributed by atoms with Gasteiger partial charge in [-0.1, -0.05) is 89.2 Å². The standard InChI is InChI=1S/C31H59NO4/c1-32(2)29(26-22-18-16-20-24-28-31(34)36-4)25-21-17-14-12-10-8-6-5-7-9-11-13-15-19-23-27-30(33)35-3/h5,7,29H,6,8-28H2,1-4H3. The van der Waals surface area contributed by atoms with Crippen molar-refractivity contribution in [1.29, 1.82) is 0 Å². The molecule has 5 nitrogen and oxygen atoms in total. The van der Waals surface area contributed by atoms with Crippen molar-refractivity contribution in [2.75, 3.05) is 28.3 Å². The van der Waals surface area contributed by atoms with Gasteiger partial charge in [0, 0.05) is 18.9 Å². The van der Waals surface area contributed by atoms with Crippen molar-refractivity contribution in [2.24, 2.45) is 0 Å². The third-order valence-electron chi connectivity index (χ3n) is 7.18. The van der Waals surface area contributed by atoms with Gasteiger partial charge in [-0.15, -0.1) is 0 Å². The van der Waals surface area contributed by atoms with E-state index in [1.54, 1.807) is 0 Å². The first-order chi connectivity index (χ1) is 17.5. The molecule has 1 unspecified atom stereocenters. The molecule has 0 saturated carbocycles. The first-order valence-corrected chi connectivity index (χ1v) is 15.0. The zero-order valence-corrected chi connectivity index (χ0v) is 24.4. The molecule has 0 aliphatic heterocycles. The molecule has 0 saturated heterocycles. The number of unbranched alkanes of at least 4 members (excludes halogenated alkanes) is 15. The summed E-state index contributed by atoms with van der Waals surface area (Å²) in [6.07, 6.45) is 30.8. The lowest BCUT2D eigenvalue weighted by molar-refractivity contribution is -0.141. The number of methoxy groups -OCH3 is 2. The van der Waals surface area contributed by atoms with Crippen LogP contribution in [0.2, 0.25) is 0 Å². The number of ether oxygens (including phenoxy) is 2. The summed E-state index contributed by atoms with van der Waals surface area (Å²) in [5.74, 6) is -0.164. The summed E-state index contributed by atoms with van der Waals surface area (Å²) >= 11 is 0. The van der Waals surface area contributed by atoms with Gasteiger partial charge in [-0.05, 0) is 65.5 Å². The predicted octanol–water partition coefficient (Wildman–Crippen LogP) is 8.40. The molecule has 0 aromatic rings. The molecule has 0 rings (SSSR count). The van der Waals surface area contributed by atoms with E-state index >= 15 is 0 Å². The third kappa shape index (κ3) is 24.3. The molecule has 36 heavy (non-hydrogen) atoms. The van der Waals surface area contributed by atoms with E-state index in [-0.39, 0.29) is 11.9 Å². The Balaban J connectivity index is 3.47. The SMILES string of the molecule is COC(=O)CCCCCCCC=CCCCCCCCCC(CCCCCCCC(=O)OC)N(C)C. The number of carbonyl (C=O) groups is 2. The highest BCUT2D eigenvalue weighted by atomic mass is 16.5. The van der Waals surface area contributed by atoms with E-state index in [4.69, 9.17) is 4.74 Å². The van der Waals surface area contributed by atoms with Gasteiger partial charge in [-0.3, -0.25) is 9.59 Å². The summed E-state index contributed by atoms with van der Waals surface area (Å²) in [5.41, 5.74) is 0. The van der Waals surface area contributed by atoms with E-state index in [0.29, 0.717) is 18.9 Å². The fourth-order valence-corrected chi connectivity index (χ4v) is 4.69. The Hall–Kier alpha value is -1.36. The van der Waals surface area contributed by atoms with E-state index < -0.39 is 0 Å². The van der Waals surface area contributed by atoms with E-state index in [0.717, 1.165) is 25.7 Å². The lowest BCUT2D eigenvalue weighted by atomic mass is 9.99. The van der Waals surface area contributed by atoms with Crippen LogP contribution in [0.15, 0.2) is 12.2 Å². The van der Waals surface area contributed by atoms with Crippen molar-refractivity contribution in [3.63, 3.8) is 0 Å². The summed E-state index contributed by atoms with van der Waals surface area (Å²) in [5, 5.41) is 0. The number of allylic oxidation sites excluding steroid dienone is 2. The molecule has 0 N–H and O–H groups in total. The lowest BCUT2D eigenvalue weighted by Crippen LogP contribution is -2.27. The minimum atomic E-state index is -0.0834. The second kappa shape index (κ2) is 26.7. The number of hydrogen-bond donors (Lipinski definition) is 0. The van der Waals surface area contributed by atoms with Gasteiger partial charge in [-0.25, -0.2) is 0 Å². The Morgan fingerprint density at radius 1 is 0.556 bits per heavy atom. The zero-order valence-electron chi connectivity index (χ0n) is 24.4. The molecule has 5 heteroatoms. The van der Waals surface area contributed by atoms with Crippen LogP contribution in [0.25, 0.3) is 0 Å². The van der Waals surface area contributed by atoms with Gasteiger partial charge < -0.3 is 14.4 Å². The van der Waals surface area contributed by atoms with Crippen LogP contribution in [-0.2, 0) is 19.1 Å². The molecule has 0 radical (unpaired) electrons. The van der Waals surface area contributed by atoms with Crippen molar-refractivity contribution in [1.82, 2.24) is 4.90 Å². The van der Waals surface area contributed by atoms with Gasteiger partial charge in [0.25, 0.3) is 0 Å². The van der Waals surface area contributed by atoms with Crippen LogP contribution in [0.3, 0.4) is 0 Å². The quantitative estimate of drug-likeness (QED) is 0.0665. The van der Waals surface area contributed by atoms with Gasteiger partial charge in [0.05, 0.1) is 14.2 Å². The zero-order chi connectivity index (χ0) is 26.7. The monoisotopic (exact) mass is 509 g/mol. The molecular weight excluding hydrogens is 450 g/mol.